The Bertz CT molecular complexity index is 1020. The van der Waals surface area contributed by atoms with Crippen molar-refractivity contribution in [1.29, 1.82) is 0 Å². The summed E-state index contributed by atoms with van der Waals surface area (Å²) in [4.78, 5) is 14.5. The van der Waals surface area contributed by atoms with Gasteiger partial charge in [0.2, 0.25) is 15.9 Å². The van der Waals surface area contributed by atoms with Crippen LogP contribution in [-0.4, -0.2) is 61.4 Å². The number of carbonyl (C=O) groups excluding carboxylic acids is 1. The van der Waals surface area contributed by atoms with Crippen LogP contribution in [0.15, 0.2) is 33.7 Å². The molecule has 9 heteroatoms. The number of carbonyl (C=O) groups is 1. The maximum Gasteiger partial charge on any atom is 0.243 e. The van der Waals surface area contributed by atoms with Crippen LogP contribution in [-0.2, 0) is 20.2 Å². The molecule has 8 nitrogen and oxygen atoms in total. The number of anilines is 1. The predicted molar refractivity (Wildman–Crippen MR) is 115 cm³/mol. The minimum atomic E-state index is -3.59. The standard InChI is InChI=1S/C21H30N4O4S/c1-15-6-7-17(21(3,4)5)13-18(15)30(27,28)25-10-8-24(9-11-25)14-20(26)22-19-12-16(2)29-23-19/h6-7,12-13H,8-11,14H2,1-5H3,(H,22,23,26). The molecule has 1 aliphatic rings. The lowest BCUT2D eigenvalue weighted by molar-refractivity contribution is -0.117. The van der Waals surface area contributed by atoms with Gasteiger partial charge in [0.15, 0.2) is 5.82 Å². The summed E-state index contributed by atoms with van der Waals surface area (Å²) >= 11 is 0. The molecule has 0 unspecified atom stereocenters. The first-order valence-electron chi connectivity index (χ1n) is 10.0. The van der Waals surface area contributed by atoms with E-state index < -0.39 is 10.0 Å². The zero-order chi connectivity index (χ0) is 22.1. The lowest BCUT2D eigenvalue weighted by Gasteiger charge is -2.34. The molecule has 1 fully saturated rings. The Kier molecular flexibility index (Phi) is 6.35. The molecule has 0 bridgehead atoms. The molecule has 3 rings (SSSR count). The molecular formula is C21H30N4O4S. The van der Waals surface area contributed by atoms with Crippen LogP contribution in [0.25, 0.3) is 0 Å². The van der Waals surface area contributed by atoms with E-state index in [-0.39, 0.29) is 17.9 Å². The Hall–Kier alpha value is -2.23. The van der Waals surface area contributed by atoms with E-state index in [0.717, 1.165) is 11.1 Å². The van der Waals surface area contributed by atoms with Gasteiger partial charge in [0.25, 0.3) is 0 Å². The van der Waals surface area contributed by atoms with E-state index in [9.17, 15) is 13.2 Å². The molecule has 0 spiro atoms. The van der Waals surface area contributed by atoms with Crippen molar-refractivity contribution in [2.45, 2.75) is 44.9 Å². The van der Waals surface area contributed by atoms with Gasteiger partial charge < -0.3 is 9.84 Å². The average Bonchev–Trinajstić information content (AvgIpc) is 3.06. The van der Waals surface area contributed by atoms with Gasteiger partial charge in [-0.25, -0.2) is 8.42 Å². The Labute approximate surface area is 178 Å². The van der Waals surface area contributed by atoms with Crippen molar-refractivity contribution in [3.8, 4) is 0 Å². The third kappa shape index (κ3) is 5.08. The molecule has 0 radical (unpaired) electrons. The molecule has 1 aromatic heterocycles. The zero-order valence-corrected chi connectivity index (χ0v) is 19.0. The molecule has 0 atom stereocenters. The molecule has 2 aromatic rings. The van der Waals surface area contributed by atoms with Crippen LogP contribution in [0.5, 0.6) is 0 Å². The highest BCUT2D eigenvalue weighted by molar-refractivity contribution is 7.89. The zero-order valence-electron chi connectivity index (χ0n) is 18.2. The van der Waals surface area contributed by atoms with Crippen molar-refractivity contribution < 1.29 is 17.7 Å². The highest BCUT2D eigenvalue weighted by Crippen LogP contribution is 2.28. The molecule has 0 saturated carbocycles. The number of aryl methyl sites for hydroxylation is 2. The van der Waals surface area contributed by atoms with Crippen LogP contribution < -0.4 is 5.32 Å². The van der Waals surface area contributed by atoms with Gasteiger partial charge in [-0.05, 0) is 36.5 Å². The number of amides is 1. The Morgan fingerprint density at radius 3 is 2.37 bits per heavy atom. The minimum Gasteiger partial charge on any atom is -0.360 e. The minimum absolute atomic E-state index is 0.133. The van der Waals surface area contributed by atoms with E-state index in [1.165, 1.54) is 4.31 Å². The van der Waals surface area contributed by atoms with E-state index in [0.29, 0.717) is 42.7 Å². The topological polar surface area (TPSA) is 95.8 Å². The van der Waals surface area contributed by atoms with Gasteiger partial charge in [-0.3, -0.25) is 9.69 Å². The van der Waals surface area contributed by atoms with Gasteiger partial charge in [0, 0.05) is 32.2 Å². The molecule has 0 aliphatic carbocycles. The first-order valence-corrected chi connectivity index (χ1v) is 11.5. The largest absolute Gasteiger partial charge is 0.360 e. The first-order chi connectivity index (χ1) is 14.0. The van der Waals surface area contributed by atoms with Crippen molar-refractivity contribution in [3.63, 3.8) is 0 Å². The second kappa shape index (κ2) is 8.49. The monoisotopic (exact) mass is 434 g/mol. The number of sulfonamides is 1. The van der Waals surface area contributed by atoms with Crippen LogP contribution in [0, 0.1) is 13.8 Å². The summed E-state index contributed by atoms with van der Waals surface area (Å²) in [5.41, 5.74) is 1.60. The number of benzene rings is 1. The fourth-order valence-electron chi connectivity index (χ4n) is 3.42. The lowest BCUT2D eigenvalue weighted by Crippen LogP contribution is -2.50. The maximum absolute atomic E-state index is 13.3. The second-order valence-corrected chi connectivity index (χ2v) is 10.7. The van der Waals surface area contributed by atoms with E-state index in [1.807, 2.05) is 24.0 Å². The van der Waals surface area contributed by atoms with Gasteiger partial charge in [-0.2, -0.15) is 4.31 Å². The smallest absolute Gasteiger partial charge is 0.243 e. The van der Waals surface area contributed by atoms with Crippen LogP contribution in [0.2, 0.25) is 0 Å². The number of rotatable bonds is 5. The molecule has 30 heavy (non-hydrogen) atoms. The second-order valence-electron chi connectivity index (χ2n) is 8.78. The van der Waals surface area contributed by atoms with Crippen LogP contribution in [0.4, 0.5) is 5.82 Å². The lowest BCUT2D eigenvalue weighted by atomic mass is 9.87. The molecule has 2 heterocycles. The summed E-state index contributed by atoms with van der Waals surface area (Å²) in [6.45, 7) is 11.6. The van der Waals surface area contributed by atoms with Gasteiger partial charge >= 0.3 is 0 Å². The summed E-state index contributed by atoms with van der Waals surface area (Å²) in [6.07, 6.45) is 0. The number of hydrogen-bond donors (Lipinski definition) is 1. The van der Waals surface area contributed by atoms with Gasteiger partial charge in [0.05, 0.1) is 11.4 Å². The molecule has 164 valence electrons. The van der Waals surface area contributed by atoms with Crippen LogP contribution in [0.1, 0.15) is 37.7 Å². The third-order valence-corrected chi connectivity index (χ3v) is 7.31. The number of hydrogen-bond acceptors (Lipinski definition) is 6. The number of nitrogens with zero attached hydrogens (tertiary/aromatic N) is 3. The maximum atomic E-state index is 13.3. The highest BCUT2D eigenvalue weighted by Gasteiger charge is 2.31. The summed E-state index contributed by atoms with van der Waals surface area (Å²) < 4.78 is 33.0. The van der Waals surface area contributed by atoms with E-state index in [4.69, 9.17) is 4.52 Å². The van der Waals surface area contributed by atoms with Crippen molar-refractivity contribution in [3.05, 3.63) is 41.2 Å². The van der Waals surface area contributed by atoms with Crippen LogP contribution >= 0.6 is 0 Å². The SMILES string of the molecule is Cc1cc(NC(=O)CN2CCN(S(=O)(=O)c3cc(C(C)(C)C)ccc3C)CC2)no1. The summed E-state index contributed by atoms with van der Waals surface area (Å²) in [6, 6.07) is 7.31. The van der Waals surface area contributed by atoms with Crippen molar-refractivity contribution in [1.82, 2.24) is 14.4 Å². The normalized spacial score (nSPS) is 16.6. The Morgan fingerprint density at radius 2 is 1.80 bits per heavy atom. The van der Waals surface area contributed by atoms with Crippen LogP contribution in [0.3, 0.4) is 0 Å². The van der Waals surface area contributed by atoms with Gasteiger partial charge in [-0.1, -0.05) is 38.1 Å². The Morgan fingerprint density at radius 1 is 1.13 bits per heavy atom. The van der Waals surface area contributed by atoms with Crippen molar-refractivity contribution >= 4 is 21.7 Å². The number of aromatic nitrogens is 1. The quantitative estimate of drug-likeness (QED) is 0.777. The molecular weight excluding hydrogens is 404 g/mol. The molecule has 1 amide bonds. The predicted octanol–water partition coefficient (Wildman–Crippen LogP) is 2.53. The average molecular weight is 435 g/mol. The Balaban J connectivity index is 1.63. The first kappa shape index (κ1) is 22.5. The van der Waals surface area contributed by atoms with E-state index in [1.54, 1.807) is 19.1 Å². The molecule has 1 saturated heterocycles. The van der Waals surface area contributed by atoms with E-state index >= 15 is 0 Å². The summed E-state index contributed by atoms with van der Waals surface area (Å²) in [7, 11) is -3.59. The van der Waals surface area contributed by atoms with Crippen molar-refractivity contribution in [2.24, 2.45) is 0 Å². The van der Waals surface area contributed by atoms with Gasteiger partial charge in [0.1, 0.15) is 5.76 Å². The van der Waals surface area contributed by atoms with E-state index in [2.05, 4.69) is 31.2 Å². The summed E-state index contributed by atoms with van der Waals surface area (Å²) in [5, 5.41) is 6.43. The summed E-state index contributed by atoms with van der Waals surface area (Å²) in [5.74, 6) is 0.802. The fraction of sp³-hybridized carbons (Fsp3) is 0.524. The van der Waals surface area contributed by atoms with Crippen molar-refractivity contribution in [2.75, 3.05) is 38.0 Å². The molecule has 1 aromatic carbocycles. The molecule has 1 N–H and O–H groups in total. The fourth-order valence-corrected chi connectivity index (χ4v) is 5.10. The number of piperazine rings is 1. The number of nitrogens with one attached hydrogen (secondary N) is 1. The highest BCUT2D eigenvalue weighted by atomic mass is 32.2. The third-order valence-electron chi connectivity index (χ3n) is 5.27. The molecule has 1 aliphatic heterocycles. The van der Waals surface area contributed by atoms with Gasteiger partial charge in [-0.15, -0.1) is 0 Å².